The molecule has 1 unspecified atom stereocenters. The molecule has 4 aromatic carbocycles. The van der Waals surface area contributed by atoms with Gasteiger partial charge in [-0.15, -0.1) is 22.7 Å². The van der Waals surface area contributed by atoms with Crippen molar-refractivity contribution in [3.05, 3.63) is 153 Å². The fourth-order valence-corrected chi connectivity index (χ4v) is 10.0. The van der Waals surface area contributed by atoms with Crippen molar-refractivity contribution in [1.29, 1.82) is 0 Å². The second-order valence-corrected chi connectivity index (χ2v) is 21.2. The number of hydrogen-bond donors (Lipinski definition) is 4. The van der Waals surface area contributed by atoms with Crippen LogP contribution in [0.4, 0.5) is 66.4 Å². The van der Waals surface area contributed by atoms with E-state index in [1.807, 2.05) is 33.0 Å². The summed E-state index contributed by atoms with van der Waals surface area (Å²) in [6, 6.07) is 15.3. The van der Waals surface area contributed by atoms with Gasteiger partial charge in [-0.1, -0.05) is 24.3 Å². The maximum Gasteiger partial charge on any atom is 0.328 e. The highest BCUT2D eigenvalue weighted by atomic mass is 32.2. The Morgan fingerprint density at radius 1 is 0.658 bits per heavy atom. The molecule has 79 heavy (non-hydrogen) atoms. The van der Waals surface area contributed by atoms with Crippen LogP contribution >= 0.6 is 22.7 Å². The minimum Gasteiger partial charge on any atom is -0.344 e. The molecule has 1 atom stereocenters. The molecule has 0 spiro atoms. The highest BCUT2D eigenvalue weighted by molar-refractivity contribution is 7.84. The summed E-state index contributed by atoms with van der Waals surface area (Å²) >= 11 is 2.57. The van der Waals surface area contributed by atoms with Crippen molar-refractivity contribution in [1.82, 2.24) is 45.4 Å². The lowest BCUT2D eigenvalue weighted by atomic mass is 9.97. The van der Waals surface area contributed by atoms with Crippen molar-refractivity contribution in [2.75, 3.05) is 65.8 Å². The maximum atomic E-state index is 15.0. The predicted octanol–water partition coefficient (Wildman–Crippen LogP) is 9.73. The zero-order chi connectivity index (χ0) is 56.2. The third kappa shape index (κ3) is 11.8. The summed E-state index contributed by atoms with van der Waals surface area (Å²) in [6.07, 6.45) is 5.33. The first-order chi connectivity index (χ1) is 37.9. The standard InChI is InChI=1S/C29H30F2N8O2S.C24H18F2N6O3S2/c1-17-9-10-18(26(40)36-28-32-11-14-42-28)15-19(17)23-20-16-33-29(41)39(24-21(30)7-5-8-22(24)31)25(20)35-27(34-23)38(4)13-6-12-37(2)3;1-12-6-7-13(21(33)31-22-27-8-9-36-22)10-14(12)18-15-11-28-24(34)32(19-16(25)4-3-5-17(19)26)20(15)30-23(29-18)37(2)35/h5,7-11,14-15H,6,12-13,16H2,1-4H3,(H,33,41)(H,32,36,40);3-10H,11H2,1-2H3,(H,28,34)(H,27,31,33). The Morgan fingerprint density at radius 3 is 1.54 bits per heavy atom. The molecule has 0 aliphatic carbocycles. The fraction of sp³-hybridized carbons (Fsp3) is 0.208. The third-order valence-electron chi connectivity index (χ3n) is 12.4. The van der Waals surface area contributed by atoms with Crippen LogP contribution in [-0.2, 0) is 23.9 Å². The number of nitrogens with zero attached hydrogens (tertiary/aromatic N) is 10. The van der Waals surface area contributed by atoms with Gasteiger partial charge in [-0.25, -0.2) is 61.9 Å². The van der Waals surface area contributed by atoms with Gasteiger partial charge in [-0.2, -0.15) is 4.98 Å². The number of aromatic nitrogens is 6. The number of benzene rings is 4. The molecule has 0 saturated heterocycles. The van der Waals surface area contributed by atoms with Gasteiger partial charge in [0, 0.05) is 76.4 Å². The Hall–Kier alpha value is -8.59. The number of rotatable bonds is 14. The number of carbonyl (C=O) groups is 4. The number of anilines is 7. The van der Waals surface area contributed by atoms with Crippen LogP contribution in [0.15, 0.2) is 101 Å². The molecule has 2 aliphatic rings. The number of para-hydroxylation sites is 2. The first-order valence-corrected chi connectivity index (χ1v) is 27.4. The van der Waals surface area contributed by atoms with Gasteiger partial charge in [-0.05, 0) is 101 Å². The quantitative estimate of drug-likeness (QED) is 0.0589. The number of halogens is 4. The first-order valence-electron chi connectivity index (χ1n) is 24.1. The molecule has 4 aromatic heterocycles. The first kappa shape index (κ1) is 55.2. The summed E-state index contributed by atoms with van der Waals surface area (Å²) in [5, 5.41) is 15.0. The SMILES string of the molecule is Cc1ccc(C(=O)Nc2nccs2)cc1-c1nc(N(C)CCCN(C)C)nc2c1CNC(=O)N2c1c(F)cccc1F.Cc1ccc(C(=O)Nc2nccs2)cc1-c1nc(S(C)=O)nc2c1CNC(=O)N2c1c(F)cccc1F. The number of urea groups is 2. The molecule has 0 fully saturated rings. The second-order valence-electron chi connectivity index (χ2n) is 18.1. The van der Waals surface area contributed by atoms with Gasteiger partial charge >= 0.3 is 12.1 Å². The predicted molar refractivity (Wildman–Crippen MR) is 295 cm³/mol. The van der Waals surface area contributed by atoms with Crippen LogP contribution in [-0.4, -0.2) is 103 Å². The Balaban J connectivity index is 0.000000193. The van der Waals surface area contributed by atoms with Crippen molar-refractivity contribution >= 4 is 96.6 Å². The zero-order valence-corrected chi connectivity index (χ0v) is 45.5. The van der Waals surface area contributed by atoms with Gasteiger partial charge in [0.1, 0.15) is 34.6 Å². The van der Waals surface area contributed by atoms with E-state index in [2.05, 4.69) is 51.1 Å². The maximum absolute atomic E-state index is 15.0. The molecule has 0 radical (unpaired) electrons. The fourth-order valence-electron chi connectivity index (χ4n) is 8.52. The van der Waals surface area contributed by atoms with Crippen LogP contribution in [0.3, 0.4) is 0 Å². The average Bonchev–Trinajstić information content (AvgIpc) is 4.29. The number of carbonyl (C=O) groups excluding carboxylic acids is 4. The summed E-state index contributed by atoms with van der Waals surface area (Å²) in [6.45, 7) is 5.06. The van der Waals surface area contributed by atoms with E-state index >= 15 is 8.78 Å². The minimum absolute atomic E-state index is 0.0235. The van der Waals surface area contributed by atoms with Crippen molar-refractivity contribution in [2.45, 2.75) is 38.5 Å². The molecule has 19 nitrogen and oxygen atoms in total. The molecule has 6 heterocycles. The lowest BCUT2D eigenvalue weighted by Crippen LogP contribution is -2.43. The van der Waals surface area contributed by atoms with E-state index in [1.165, 1.54) is 41.1 Å². The number of thiazole rings is 2. The number of hydrogen-bond acceptors (Lipinski definition) is 15. The van der Waals surface area contributed by atoms with Crippen LogP contribution in [0.25, 0.3) is 22.5 Å². The van der Waals surface area contributed by atoms with E-state index in [0.29, 0.717) is 55.9 Å². The van der Waals surface area contributed by atoms with Gasteiger partial charge in [0.15, 0.2) is 21.9 Å². The minimum atomic E-state index is -1.70. The van der Waals surface area contributed by atoms with Crippen molar-refractivity contribution in [2.24, 2.45) is 0 Å². The average molecular weight is 1130 g/mol. The van der Waals surface area contributed by atoms with Crippen molar-refractivity contribution in [3.8, 4) is 22.5 Å². The summed E-state index contributed by atoms with van der Waals surface area (Å²) in [5.74, 6) is -4.26. The highest BCUT2D eigenvalue weighted by Crippen LogP contribution is 2.41. The van der Waals surface area contributed by atoms with Crippen molar-refractivity contribution in [3.63, 3.8) is 0 Å². The van der Waals surface area contributed by atoms with Crippen molar-refractivity contribution < 1.29 is 40.9 Å². The van der Waals surface area contributed by atoms with E-state index in [9.17, 15) is 32.2 Å². The Bertz CT molecular complexity index is 3650. The lowest BCUT2D eigenvalue weighted by Gasteiger charge is -2.32. The largest absolute Gasteiger partial charge is 0.344 e. The molecule has 8 aromatic rings. The van der Waals surface area contributed by atoms with E-state index in [4.69, 9.17) is 4.98 Å². The monoisotopic (exact) mass is 1130 g/mol. The summed E-state index contributed by atoms with van der Waals surface area (Å²) < 4.78 is 72.0. The Kier molecular flexibility index (Phi) is 16.5. The topological polar surface area (TPSA) is 224 Å². The van der Waals surface area contributed by atoms with E-state index < -0.39 is 63.4 Å². The molecule has 406 valence electrons. The summed E-state index contributed by atoms with van der Waals surface area (Å²) in [4.78, 5) is 83.9. The number of aryl methyl sites for hydroxylation is 2. The lowest BCUT2D eigenvalue weighted by molar-refractivity contribution is 0.101. The van der Waals surface area contributed by atoms with Crippen LogP contribution in [0.2, 0.25) is 0 Å². The number of fused-ring (bicyclic) bond motifs is 2. The molecular weight excluding hydrogens is 1080 g/mol. The zero-order valence-electron chi connectivity index (χ0n) is 43.0. The molecule has 6 amide bonds. The van der Waals surface area contributed by atoms with Gasteiger partial charge in [0.2, 0.25) is 11.1 Å². The third-order valence-corrected chi connectivity index (χ3v) is 14.5. The molecule has 26 heteroatoms. The molecule has 0 bridgehead atoms. The highest BCUT2D eigenvalue weighted by Gasteiger charge is 2.37. The Morgan fingerprint density at radius 2 is 1.11 bits per heavy atom. The molecule has 4 N–H and O–H groups in total. The van der Waals surface area contributed by atoms with Crippen LogP contribution in [0.1, 0.15) is 49.4 Å². The van der Waals surface area contributed by atoms with Gasteiger partial charge in [-0.3, -0.25) is 24.4 Å². The normalized spacial score (nSPS) is 13.2. The second kappa shape index (κ2) is 23.6. The van der Waals surface area contributed by atoms with Crippen LogP contribution in [0.5, 0.6) is 0 Å². The molecular formula is C53H48F4N14O5S3. The molecule has 10 rings (SSSR count). The van der Waals surface area contributed by atoms with Crippen LogP contribution in [0, 0.1) is 37.1 Å². The molecule has 2 aliphatic heterocycles. The summed E-state index contributed by atoms with van der Waals surface area (Å²) in [5.41, 5.74) is 3.70. The van der Waals surface area contributed by atoms with E-state index in [0.717, 1.165) is 58.2 Å². The van der Waals surface area contributed by atoms with E-state index in [1.54, 1.807) is 66.5 Å². The number of nitrogens with one attached hydrogen (secondary N) is 4. The van der Waals surface area contributed by atoms with Gasteiger partial charge in [0.05, 0.1) is 35.3 Å². The summed E-state index contributed by atoms with van der Waals surface area (Å²) in [7, 11) is 4.08. The van der Waals surface area contributed by atoms with Gasteiger partial charge < -0.3 is 20.4 Å². The number of amides is 6. The van der Waals surface area contributed by atoms with Crippen LogP contribution < -0.4 is 36.0 Å². The Labute approximate surface area is 460 Å². The van der Waals surface area contributed by atoms with E-state index in [-0.39, 0.29) is 47.4 Å². The molecule has 0 saturated carbocycles. The van der Waals surface area contributed by atoms with Gasteiger partial charge in [0.25, 0.3) is 11.8 Å². The smallest absolute Gasteiger partial charge is 0.328 e.